The molecule has 1 saturated heterocycles. The van der Waals surface area contributed by atoms with E-state index >= 15 is 0 Å². The lowest BCUT2D eigenvalue weighted by Crippen LogP contribution is -2.51. The smallest absolute Gasteiger partial charge is 0.190 e. The highest BCUT2D eigenvalue weighted by molar-refractivity contribution is 5.79. The van der Waals surface area contributed by atoms with Crippen molar-refractivity contribution in [1.29, 1.82) is 0 Å². The Labute approximate surface area is 147 Å². The zero-order valence-corrected chi connectivity index (χ0v) is 15.5. The molecule has 2 aliphatic carbocycles. The number of aliphatic imine (C=N–C) groups is 1. The summed E-state index contributed by atoms with van der Waals surface area (Å²) in [6, 6.07) is 0. The maximum absolute atomic E-state index is 5.52. The van der Waals surface area contributed by atoms with Crippen LogP contribution < -0.4 is 10.6 Å². The monoisotopic (exact) mass is 336 g/mol. The fourth-order valence-electron chi connectivity index (χ4n) is 4.22. The Balaban J connectivity index is 1.48. The second kappa shape index (κ2) is 9.04. The minimum absolute atomic E-state index is 0.406. The van der Waals surface area contributed by atoms with Crippen LogP contribution in [0.1, 0.15) is 51.4 Å². The molecule has 5 heteroatoms. The molecule has 2 N–H and O–H groups in total. The second-order valence-corrected chi connectivity index (χ2v) is 8.03. The topological polar surface area (TPSA) is 48.9 Å². The number of guanidine groups is 1. The Morgan fingerprint density at radius 3 is 2.54 bits per heavy atom. The summed E-state index contributed by atoms with van der Waals surface area (Å²) >= 11 is 0. The van der Waals surface area contributed by atoms with E-state index < -0.39 is 0 Å². The molecule has 1 heterocycles. The van der Waals surface area contributed by atoms with Crippen LogP contribution in [0.25, 0.3) is 0 Å². The van der Waals surface area contributed by atoms with E-state index in [2.05, 4.69) is 20.5 Å². The zero-order valence-electron chi connectivity index (χ0n) is 15.5. The van der Waals surface area contributed by atoms with Gasteiger partial charge in [0.25, 0.3) is 0 Å². The van der Waals surface area contributed by atoms with Gasteiger partial charge in [0.15, 0.2) is 5.96 Å². The van der Waals surface area contributed by atoms with Gasteiger partial charge in [0.05, 0.1) is 13.2 Å². The van der Waals surface area contributed by atoms with Crippen LogP contribution in [0.3, 0.4) is 0 Å². The molecule has 0 bridgehead atoms. The molecule has 3 rings (SSSR count). The maximum atomic E-state index is 5.52. The van der Waals surface area contributed by atoms with Gasteiger partial charge in [-0.3, -0.25) is 9.89 Å². The van der Waals surface area contributed by atoms with E-state index in [1.165, 1.54) is 57.9 Å². The molecule has 0 aromatic heterocycles. The SMILES string of the molecule is CN=C(NCCC1CC1)NCC1(CN2CCOCC2)CCCCC1. The molecule has 5 nitrogen and oxygen atoms in total. The lowest BCUT2D eigenvalue weighted by Gasteiger charge is -2.42. The quantitative estimate of drug-likeness (QED) is 0.553. The van der Waals surface area contributed by atoms with Crippen molar-refractivity contribution in [2.24, 2.45) is 16.3 Å². The highest BCUT2D eigenvalue weighted by atomic mass is 16.5. The third-order valence-electron chi connectivity index (χ3n) is 5.97. The van der Waals surface area contributed by atoms with Crippen molar-refractivity contribution in [3.63, 3.8) is 0 Å². The van der Waals surface area contributed by atoms with Gasteiger partial charge in [0.1, 0.15) is 0 Å². The largest absolute Gasteiger partial charge is 0.379 e. The van der Waals surface area contributed by atoms with Crippen LogP contribution in [0.4, 0.5) is 0 Å². The molecule has 2 saturated carbocycles. The Kier molecular flexibility index (Phi) is 6.78. The van der Waals surface area contributed by atoms with Crippen molar-refractivity contribution in [2.45, 2.75) is 51.4 Å². The van der Waals surface area contributed by atoms with E-state index in [9.17, 15) is 0 Å². The Morgan fingerprint density at radius 1 is 1.12 bits per heavy atom. The van der Waals surface area contributed by atoms with Crippen LogP contribution in [0.15, 0.2) is 4.99 Å². The van der Waals surface area contributed by atoms with Gasteiger partial charge >= 0.3 is 0 Å². The van der Waals surface area contributed by atoms with Crippen LogP contribution in [-0.4, -0.2) is 63.8 Å². The number of hydrogen-bond donors (Lipinski definition) is 2. The van der Waals surface area contributed by atoms with Gasteiger partial charge in [-0.05, 0) is 25.2 Å². The summed E-state index contributed by atoms with van der Waals surface area (Å²) in [4.78, 5) is 7.04. The standard InChI is InChI=1S/C19H36N4O/c1-20-18(21-10-7-17-5-6-17)22-15-19(8-3-2-4-9-19)16-23-11-13-24-14-12-23/h17H,2-16H2,1H3,(H2,20,21,22). The van der Waals surface area contributed by atoms with E-state index in [1.807, 2.05) is 7.05 Å². The molecular formula is C19H36N4O. The van der Waals surface area contributed by atoms with Crippen molar-refractivity contribution in [2.75, 3.05) is 53.0 Å². The maximum Gasteiger partial charge on any atom is 0.190 e. The highest BCUT2D eigenvalue weighted by Crippen LogP contribution is 2.36. The van der Waals surface area contributed by atoms with Crippen LogP contribution >= 0.6 is 0 Å². The third-order valence-corrected chi connectivity index (χ3v) is 5.97. The lowest BCUT2D eigenvalue weighted by molar-refractivity contribution is 0.00820. The molecule has 0 aromatic carbocycles. The minimum Gasteiger partial charge on any atom is -0.379 e. The van der Waals surface area contributed by atoms with Crippen molar-refractivity contribution in [3.8, 4) is 0 Å². The summed E-state index contributed by atoms with van der Waals surface area (Å²) in [6.45, 7) is 7.30. The number of nitrogens with zero attached hydrogens (tertiary/aromatic N) is 2. The normalized spacial score (nSPS) is 25.5. The first-order valence-corrected chi connectivity index (χ1v) is 10.0. The van der Waals surface area contributed by atoms with Gasteiger partial charge in [0.2, 0.25) is 0 Å². The van der Waals surface area contributed by atoms with E-state index in [4.69, 9.17) is 4.74 Å². The summed E-state index contributed by atoms with van der Waals surface area (Å²) < 4.78 is 5.52. The predicted molar refractivity (Wildman–Crippen MR) is 99.5 cm³/mol. The number of hydrogen-bond acceptors (Lipinski definition) is 3. The molecule has 0 amide bonds. The highest BCUT2D eigenvalue weighted by Gasteiger charge is 2.34. The second-order valence-electron chi connectivity index (χ2n) is 8.03. The molecule has 24 heavy (non-hydrogen) atoms. The molecule has 3 aliphatic rings. The van der Waals surface area contributed by atoms with Gasteiger partial charge in [-0.25, -0.2) is 0 Å². The van der Waals surface area contributed by atoms with Crippen molar-refractivity contribution < 1.29 is 4.74 Å². The van der Waals surface area contributed by atoms with Gasteiger partial charge in [0, 0.05) is 45.2 Å². The average molecular weight is 337 g/mol. The Bertz CT molecular complexity index is 396. The van der Waals surface area contributed by atoms with Crippen molar-refractivity contribution in [1.82, 2.24) is 15.5 Å². The molecule has 3 fully saturated rings. The van der Waals surface area contributed by atoms with Gasteiger partial charge < -0.3 is 15.4 Å². The number of morpholine rings is 1. The van der Waals surface area contributed by atoms with E-state index in [0.29, 0.717) is 5.41 Å². The fourth-order valence-corrected chi connectivity index (χ4v) is 4.22. The molecule has 0 radical (unpaired) electrons. The first kappa shape index (κ1) is 18.0. The molecule has 0 aromatic rings. The van der Waals surface area contributed by atoms with Crippen molar-refractivity contribution >= 4 is 5.96 Å². The lowest BCUT2D eigenvalue weighted by atomic mass is 9.73. The van der Waals surface area contributed by atoms with Crippen molar-refractivity contribution in [3.05, 3.63) is 0 Å². The average Bonchev–Trinajstić information content (AvgIpc) is 3.44. The summed E-state index contributed by atoms with van der Waals surface area (Å²) in [6.07, 6.45) is 11.0. The minimum atomic E-state index is 0.406. The van der Waals surface area contributed by atoms with Gasteiger partial charge in [-0.1, -0.05) is 32.1 Å². The van der Waals surface area contributed by atoms with E-state index in [0.717, 1.165) is 51.3 Å². The van der Waals surface area contributed by atoms with Crippen LogP contribution in [0.2, 0.25) is 0 Å². The first-order chi connectivity index (χ1) is 11.8. The summed E-state index contributed by atoms with van der Waals surface area (Å²) in [5, 5.41) is 7.15. The van der Waals surface area contributed by atoms with E-state index in [1.54, 1.807) is 0 Å². The summed E-state index contributed by atoms with van der Waals surface area (Å²) in [5.74, 6) is 1.96. The van der Waals surface area contributed by atoms with Gasteiger partial charge in [-0.2, -0.15) is 0 Å². The molecule has 0 unspecified atom stereocenters. The number of nitrogens with one attached hydrogen (secondary N) is 2. The number of rotatable bonds is 7. The molecule has 0 spiro atoms. The van der Waals surface area contributed by atoms with Crippen LogP contribution in [-0.2, 0) is 4.74 Å². The predicted octanol–water partition coefficient (Wildman–Crippen LogP) is 2.23. The van der Waals surface area contributed by atoms with Crippen LogP contribution in [0, 0.1) is 11.3 Å². The fraction of sp³-hybridized carbons (Fsp3) is 0.947. The molecular weight excluding hydrogens is 300 g/mol. The van der Waals surface area contributed by atoms with E-state index in [-0.39, 0.29) is 0 Å². The number of ether oxygens (including phenoxy) is 1. The zero-order chi connectivity index (χ0) is 16.7. The van der Waals surface area contributed by atoms with Crippen LogP contribution in [0.5, 0.6) is 0 Å². The third kappa shape index (κ3) is 5.62. The Morgan fingerprint density at radius 2 is 1.88 bits per heavy atom. The summed E-state index contributed by atoms with van der Waals surface area (Å²) in [5.41, 5.74) is 0.406. The Hall–Kier alpha value is -0.810. The molecule has 0 atom stereocenters. The van der Waals surface area contributed by atoms with Gasteiger partial charge in [-0.15, -0.1) is 0 Å². The first-order valence-electron chi connectivity index (χ1n) is 10.0. The molecule has 138 valence electrons. The summed E-state index contributed by atoms with van der Waals surface area (Å²) in [7, 11) is 1.89. The molecule has 1 aliphatic heterocycles.